The van der Waals surface area contributed by atoms with E-state index >= 15 is 0 Å². The van der Waals surface area contributed by atoms with Crippen LogP contribution in [0.15, 0.2) is 61.4 Å². The highest BCUT2D eigenvalue weighted by Gasteiger charge is 2.04. The summed E-state index contributed by atoms with van der Waals surface area (Å²) in [5.41, 5.74) is 2.47. The Morgan fingerprint density at radius 1 is 1.20 bits per heavy atom. The summed E-state index contributed by atoms with van der Waals surface area (Å²) in [7, 11) is 0. The molecular weight excluding hydrogens is 248 g/mol. The normalized spacial score (nSPS) is 11.8. The van der Waals surface area contributed by atoms with Crippen LogP contribution in [0.4, 0.5) is 0 Å². The van der Waals surface area contributed by atoms with Crippen molar-refractivity contribution in [1.29, 1.82) is 0 Å². The van der Waals surface area contributed by atoms with Crippen molar-refractivity contribution in [2.75, 3.05) is 6.61 Å². The first-order valence-electron chi connectivity index (χ1n) is 6.75. The average Bonchev–Trinajstić information content (AvgIpc) is 2.52. The predicted octanol–water partition coefficient (Wildman–Crippen LogP) is 3.50. The van der Waals surface area contributed by atoms with Gasteiger partial charge >= 0.3 is 0 Å². The first-order chi connectivity index (χ1) is 9.79. The van der Waals surface area contributed by atoms with Crippen LogP contribution < -0.4 is 10.1 Å². The molecule has 1 atom stereocenters. The first-order valence-corrected chi connectivity index (χ1v) is 6.75. The van der Waals surface area contributed by atoms with Crippen molar-refractivity contribution in [2.45, 2.75) is 19.5 Å². The Labute approximate surface area is 120 Å². The van der Waals surface area contributed by atoms with Crippen molar-refractivity contribution in [3.8, 4) is 5.75 Å². The Bertz CT molecular complexity index is 522. The van der Waals surface area contributed by atoms with E-state index in [9.17, 15) is 0 Å². The van der Waals surface area contributed by atoms with Crippen molar-refractivity contribution in [2.24, 2.45) is 0 Å². The molecule has 0 fully saturated rings. The van der Waals surface area contributed by atoms with Crippen LogP contribution in [-0.2, 0) is 6.54 Å². The third kappa shape index (κ3) is 4.21. The van der Waals surface area contributed by atoms with Gasteiger partial charge in [0.05, 0.1) is 0 Å². The first kappa shape index (κ1) is 14.3. The molecule has 0 saturated heterocycles. The number of aromatic nitrogens is 1. The maximum Gasteiger partial charge on any atom is 0.119 e. The van der Waals surface area contributed by atoms with E-state index in [-0.39, 0.29) is 0 Å². The van der Waals surface area contributed by atoms with Crippen LogP contribution in [0.1, 0.15) is 24.1 Å². The maximum absolute atomic E-state index is 5.46. The highest BCUT2D eigenvalue weighted by atomic mass is 16.5. The molecule has 1 N–H and O–H groups in total. The molecular formula is C17H20N2O. The molecule has 0 spiro atoms. The zero-order valence-electron chi connectivity index (χ0n) is 11.8. The number of hydrogen-bond donors (Lipinski definition) is 1. The lowest BCUT2D eigenvalue weighted by molar-refractivity contribution is 0.363. The Morgan fingerprint density at radius 2 is 1.90 bits per heavy atom. The van der Waals surface area contributed by atoms with E-state index in [1.165, 1.54) is 11.1 Å². The number of hydrogen-bond acceptors (Lipinski definition) is 3. The van der Waals surface area contributed by atoms with Gasteiger partial charge in [-0.1, -0.05) is 24.8 Å². The Hall–Kier alpha value is -2.13. The number of rotatable bonds is 7. The van der Waals surface area contributed by atoms with Gasteiger partial charge in [-0.25, -0.2) is 0 Å². The number of ether oxygens (including phenoxy) is 1. The van der Waals surface area contributed by atoms with Gasteiger partial charge in [0.1, 0.15) is 12.4 Å². The van der Waals surface area contributed by atoms with Gasteiger partial charge in [0.15, 0.2) is 0 Å². The lowest BCUT2D eigenvalue weighted by Crippen LogP contribution is -2.18. The van der Waals surface area contributed by atoms with E-state index in [1.54, 1.807) is 6.08 Å². The molecule has 0 aliphatic carbocycles. The summed E-state index contributed by atoms with van der Waals surface area (Å²) in [6, 6.07) is 12.5. The van der Waals surface area contributed by atoms with Gasteiger partial charge in [0, 0.05) is 25.0 Å². The van der Waals surface area contributed by atoms with Gasteiger partial charge in [0.25, 0.3) is 0 Å². The Balaban J connectivity index is 1.86. The Morgan fingerprint density at radius 3 is 2.55 bits per heavy atom. The van der Waals surface area contributed by atoms with Crippen LogP contribution in [0.3, 0.4) is 0 Å². The molecule has 0 aliphatic heterocycles. The Kier molecular flexibility index (Phi) is 5.33. The van der Waals surface area contributed by atoms with E-state index < -0.39 is 0 Å². The second-order valence-electron chi connectivity index (χ2n) is 4.63. The molecule has 0 saturated carbocycles. The third-order valence-corrected chi connectivity index (χ3v) is 3.11. The summed E-state index contributed by atoms with van der Waals surface area (Å²) >= 11 is 0. The molecule has 0 unspecified atom stereocenters. The molecule has 2 aromatic rings. The van der Waals surface area contributed by atoms with E-state index in [2.05, 4.69) is 35.9 Å². The summed E-state index contributed by atoms with van der Waals surface area (Å²) in [6.07, 6.45) is 5.38. The van der Waals surface area contributed by atoms with E-state index in [0.29, 0.717) is 12.6 Å². The lowest BCUT2D eigenvalue weighted by atomic mass is 10.1. The van der Waals surface area contributed by atoms with Gasteiger partial charge < -0.3 is 10.1 Å². The minimum absolute atomic E-state index is 0.301. The number of pyridine rings is 1. The van der Waals surface area contributed by atoms with Crippen LogP contribution in [0.25, 0.3) is 0 Å². The quantitative estimate of drug-likeness (QED) is 0.780. The molecule has 1 heterocycles. The van der Waals surface area contributed by atoms with Crippen LogP contribution in [0, 0.1) is 0 Å². The molecule has 0 bridgehead atoms. The fraction of sp³-hybridized carbons (Fsp3) is 0.235. The topological polar surface area (TPSA) is 34.1 Å². The fourth-order valence-electron chi connectivity index (χ4n) is 1.90. The number of nitrogens with one attached hydrogen (secondary N) is 1. The van der Waals surface area contributed by atoms with Crippen molar-refractivity contribution in [3.63, 3.8) is 0 Å². The molecule has 0 radical (unpaired) electrons. The predicted molar refractivity (Wildman–Crippen MR) is 81.6 cm³/mol. The molecule has 0 aliphatic rings. The van der Waals surface area contributed by atoms with Gasteiger partial charge in [-0.05, 0) is 42.3 Å². The summed E-state index contributed by atoms with van der Waals surface area (Å²) < 4.78 is 5.46. The maximum atomic E-state index is 5.46. The SMILES string of the molecule is C=CCOc1ccc(CN[C@@H](C)c2ccncc2)cc1. The molecule has 0 amide bonds. The van der Waals surface area contributed by atoms with Crippen molar-refractivity contribution in [1.82, 2.24) is 10.3 Å². The van der Waals surface area contributed by atoms with Crippen molar-refractivity contribution in [3.05, 3.63) is 72.6 Å². The zero-order chi connectivity index (χ0) is 14.2. The molecule has 3 nitrogen and oxygen atoms in total. The summed E-state index contributed by atoms with van der Waals surface area (Å²) in [6.45, 7) is 7.14. The largest absolute Gasteiger partial charge is 0.490 e. The van der Waals surface area contributed by atoms with E-state index in [1.807, 2.05) is 36.7 Å². The summed E-state index contributed by atoms with van der Waals surface area (Å²) in [4.78, 5) is 4.03. The van der Waals surface area contributed by atoms with E-state index in [0.717, 1.165) is 12.3 Å². The second-order valence-corrected chi connectivity index (χ2v) is 4.63. The highest BCUT2D eigenvalue weighted by molar-refractivity contribution is 5.27. The third-order valence-electron chi connectivity index (χ3n) is 3.11. The zero-order valence-corrected chi connectivity index (χ0v) is 11.8. The smallest absolute Gasteiger partial charge is 0.119 e. The van der Waals surface area contributed by atoms with Gasteiger partial charge in [-0.15, -0.1) is 0 Å². The molecule has 20 heavy (non-hydrogen) atoms. The van der Waals surface area contributed by atoms with Gasteiger partial charge in [-0.3, -0.25) is 4.98 Å². The van der Waals surface area contributed by atoms with E-state index in [4.69, 9.17) is 4.74 Å². The van der Waals surface area contributed by atoms with Crippen LogP contribution in [0.2, 0.25) is 0 Å². The minimum Gasteiger partial charge on any atom is -0.490 e. The highest BCUT2D eigenvalue weighted by Crippen LogP contribution is 2.14. The molecule has 1 aromatic carbocycles. The second kappa shape index (κ2) is 7.46. The standard InChI is InChI=1S/C17H20N2O/c1-3-12-20-17-6-4-15(5-7-17)13-19-14(2)16-8-10-18-11-9-16/h3-11,14,19H,1,12-13H2,2H3/t14-/m0/s1. The molecule has 3 heteroatoms. The monoisotopic (exact) mass is 268 g/mol. The molecule has 2 rings (SSSR count). The molecule has 1 aromatic heterocycles. The van der Waals surface area contributed by atoms with Crippen LogP contribution >= 0.6 is 0 Å². The van der Waals surface area contributed by atoms with Crippen LogP contribution in [-0.4, -0.2) is 11.6 Å². The van der Waals surface area contributed by atoms with Crippen molar-refractivity contribution >= 4 is 0 Å². The minimum atomic E-state index is 0.301. The average molecular weight is 268 g/mol. The summed E-state index contributed by atoms with van der Waals surface area (Å²) in [5, 5.41) is 3.49. The van der Waals surface area contributed by atoms with Gasteiger partial charge in [-0.2, -0.15) is 0 Å². The fourth-order valence-corrected chi connectivity index (χ4v) is 1.90. The number of benzene rings is 1. The summed E-state index contributed by atoms with van der Waals surface area (Å²) in [5.74, 6) is 0.871. The van der Waals surface area contributed by atoms with Crippen molar-refractivity contribution < 1.29 is 4.74 Å². The molecule has 104 valence electrons. The van der Waals surface area contributed by atoms with Gasteiger partial charge in [0.2, 0.25) is 0 Å². The van der Waals surface area contributed by atoms with Crippen LogP contribution in [0.5, 0.6) is 5.75 Å². The number of nitrogens with zero attached hydrogens (tertiary/aromatic N) is 1. The lowest BCUT2D eigenvalue weighted by Gasteiger charge is -2.14.